The Kier molecular flexibility index (Phi) is 6.90. The van der Waals surface area contributed by atoms with Gasteiger partial charge in [0.05, 0.1) is 29.4 Å². The van der Waals surface area contributed by atoms with Gasteiger partial charge in [-0.2, -0.15) is 18.3 Å². The molecule has 1 N–H and O–H groups in total. The Balaban J connectivity index is 1.66. The topological polar surface area (TPSA) is 56.2 Å². The van der Waals surface area contributed by atoms with Gasteiger partial charge in [-0.25, -0.2) is 4.68 Å². The van der Waals surface area contributed by atoms with Gasteiger partial charge < -0.3 is 10.1 Å². The first-order chi connectivity index (χ1) is 14.7. The number of aromatic nitrogens is 2. The summed E-state index contributed by atoms with van der Waals surface area (Å²) in [6.45, 7) is 3.56. The minimum atomic E-state index is -4.53. The van der Waals surface area contributed by atoms with Crippen LogP contribution in [0.15, 0.2) is 54.6 Å². The fourth-order valence-corrected chi connectivity index (χ4v) is 3.37. The third kappa shape index (κ3) is 5.58. The van der Waals surface area contributed by atoms with Crippen LogP contribution in [0.5, 0.6) is 5.75 Å². The maximum atomic E-state index is 13.1. The molecule has 0 aliphatic heterocycles. The van der Waals surface area contributed by atoms with Gasteiger partial charge in [-0.3, -0.25) is 4.79 Å². The molecule has 0 saturated heterocycles. The second-order valence-corrected chi connectivity index (χ2v) is 7.43. The highest BCUT2D eigenvalue weighted by atomic mass is 35.5. The Bertz CT molecular complexity index is 1050. The molecule has 0 unspecified atom stereocenters. The molecule has 0 radical (unpaired) electrons. The number of benzene rings is 2. The Morgan fingerprint density at radius 2 is 1.81 bits per heavy atom. The van der Waals surface area contributed by atoms with E-state index in [0.29, 0.717) is 12.2 Å². The minimum Gasteiger partial charge on any atom is -0.491 e. The Hall–Kier alpha value is -3.00. The van der Waals surface area contributed by atoms with E-state index in [-0.39, 0.29) is 23.1 Å². The largest absolute Gasteiger partial charge is 0.491 e. The number of carbonyl (C=O) groups excluding carboxylic acids is 1. The van der Waals surface area contributed by atoms with Gasteiger partial charge in [-0.1, -0.05) is 54.1 Å². The Labute approximate surface area is 182 Å². The van der Waals surface area contributed by atoms with E-state index in [1.165, 1.54) is 22.9 Å². The summed E-state index contributed by atoms with van der Waals surface area (Å²) >= 11 is 6.39. The average molecular weight is 452 g/mol. The highest BCUT2D eigenvalue weighted by Crippen LogP contribution is 2.35. The summed E-state index contributed by atoms with van der Waals surface area (Å²) in [6, 6.07) is 13.9. The van der Waals surface area contributed by atoms with E-state index in [1.54, 1.807) is 13.8 Å². The molecule has 1 aromatic heterocycles. The molecule has 1 atom stereocenters. The molecular weight excluding hydrogens is 431 g/mol. The summed E-state index contributed by atoms with van der Waals surface area (Å²) in [5, 5.41) is 7.22. The molecular formula is C22H21ClF3N3O2. The number of alkyl halides is 3. The van der Waals surface area contributed by atoms with Crippen LogP contribution in [0.25, 0.3) is 0 Å². The minimum absolute atomic E-state index is 0.145. The number of rotatable bonds is 7. The first-order valence-corrected chi connectivity index (χ1v) is 9.91. The Morgan fingerprint density at radius 1 is 1.16 bits per heavy atom. The first kappa shape index (κ1) is 22.7. The third-order valence-corrected chi connectivity index (χ3v) is 4.91. The second kappa shape index (κ2) is 9.43. The van der Waals surface area contributed by atoms with Crippen LogP contribution in [0, 0.1) is 6.92 Å². The lowest BCUT2D eigenvalue weighted by Crippen LogP contribution is -2.37. The Morgan fingerprint density at radius 3 is 2.48 bits per heavy atom. The van der Waals surface area contributed by atoms with Gasteiger partial charge in [-0.15, -0.1) is 0 Å². The zero-order valence-electron chi connectivity index (χ0n) is 16.9. The van der Waals surface area contributed by atoms with Crippen molar-refractivity contribution in [1.29, 1.82) is 0 Å². The number of ether oxygens (including phenoxy) is 1. The maximum absolute atomic E-state index is 13.1. The van der Waals surface area contributed by atoms with Crippen LogP contribution in [-0.4, -0.2) is 28.3 Å². The van der Waals surface area contributed by atoms with E-state index >= 15 is 0 Å². The number of carbonyl (C=O) groups is 1. The van der Waals surface area contributed by atoms with E-state index in [2.05, 4.69) is 10.4 Å². The number of halogens is 4. The van der Waals surface area contributed by atoms with Gasteiger partial charge >= 0.3 is 6.18 Å². The molecule has 3 aromatic rings. The van der Waals surface area contributed by atoms with Crippen molar-refractivity contribution >= 4 is 17.5 Å². The molecule has 3 rings (SSSR count). The molecule has 31 heavy (non-hydrogen) atoms. The average Bonchev–Trinajstić information content (AvgIpc) is 2.99. The van der Waals surface area contributed by atoms with Crippen molar-refractivity contribution in [1.82, 2.24) is 15.1 Å². The molecule has 164 valence electrons. The summed E-state index contributed by atoms with van der Waals surface area (Å²) in [5.41, 5.74) is 0.785. The zero-order valence-corrected chi connectivity index (χ0v) is 17.7. The molecule has 0 aliphatic rings. The molecule has 5 nitrogen and oxygen atoms in total. The highest BCUT2D eigenvalue weighted by molar-refractivity contribution is 6.33. The van der Waals surface area contributed by atoms with Gasteiger partial charge in [0.25, 0.3) is 5.91 Å². The molecule has 0 fully saturated rings. The zero-order chi connectivity index (χ0) is 22.6. The van der Waals surface area contributed by atoms with Crippen molar-refractivity contribution in [3.05, 3.63) is 82.1 Å². The van der Waals surface area contributed by atoms with Gasteiger partial charge in [0, 0.05) is 0 Å². The molecule has 1 heterocycles. The van der Waals surface area contributed by atoms with E-state index in [9.17, 15) is 18.0 Å². The number of hydrogen-bond donors (Lipinski definition) is 1. The van der Waals surface area contributed by atoms with Crippen LogP contribution in [0.2, 0.25) is 5.15 Å². The van der Waals surface area contributed by atoms with Crippen LogP contribution in [0.4, 0.5) is 13.2 Å². The predicted octanol–water partition coefficient (Wildman–Crippen LogP) is 5.11. The van der Waals surface area contributed by atoms with Crippen LogP contribution < -0.4 is 10.1 Å². The maximum Gasteiger partial charge on any atom is 0.419 e. The van der Waals surface area contributed by atoms with Gasteiger partial charge in [-0.05, 0) is 31.5 Å². The molecule has 0 saturated carbocycles. The summed E-state index contributed by atoms with van der Waals surface area (Å²) < 4.78 is 46.1. The van der Waals surface area contributed by atoms with Crippen molar-refractivity contribution in [2.75, 3.05) is 6.61 Å². The van der Waals surface area contributed by atoms with Gasteiger partial charge in [0.2, 0.25) is 0 Å². The molecule has 9 heteroatoms. The molecule has 1 amide bonds. The number of aryl methyl sites for hydroxylation is 1. The molecule has 0 bridgehead atoms. The van der Waals surface area contributed by atoms with E-state index in [0.717, 1.165) is 11.6 Å². The number of nitrogens with one attached hydrogen (secondary N) is 1. The van der Waals surface area contributed by atoms with Crippen molar-refractivity contribution in [2.45, 2.75) is 32.6 Å². The standard InChI is InChI=1S/C22H21ClF3N3O2/c1-14(13-31-18-11-7-6-10-17(18)22(24,25)26)27-21(30)19-15(2)28-29(20(19)23)12-16-8-4-3-5-9-16/h3-11,14H,12-13H2,1-2H3,(H,27,30)/t14-/m1/s1. The summed E-state index contributed by atoms with van der Waals surface area (Å²) in [6.07, 6.45) is -4.53. The molecule has 0 spiro atoms. The number of amides is 1. The van der Waals surface area contributed by atoms with Crippen LogP contribution in [0.1, 0.15) is 34.1 Å². The smallest absolute Gasteiger partial charge is 0.419 e. The number of hydrogen-bond acceptors (Lipinski definition) is 3. The third-order valence-electron chi connectivity index (χ3n) is 4.53. The fraction of sp³-hybridized carbons (Fsp3) is 0.273. The lowest BCUT2D eigenvalue weighted by Gasteiger charge is -2.18. The monoisotopic (exact) mass is 451 g/mol. The van der Waals surface area contributed by atoms with E-state index in [4.69, 9.17) is 16.3 Å². The first-order valence-electron chi connectivity index (χ1n) is 9.53. The summed E-state index contributed by atoms with van der Waals surface area (Å²) in [7, 11) is 0. The van der Waals surface area contributed by atoms with Gasteiger partial charge in [0.15, 0.2) is 0 Å². The van der Waals surface area contributed by atoms with Crippen molar-refractivity contribution < 1.29 is 22.7 Å². The van der Waals surface area contributed by atoms with Crippen molar-refractivity contribution in [3.8, 4) is 5.75 Å². The summed E-state index contributed by atoms with van der Waals surface area (Å²) in [4.78, 5) is 12.7. The van der Waals surface area contributed by atoms with E-state index < -0.39 is 23.7 Å². The fourth-order valence-electron chi connectivity index (χ4n) is 3.05. The van der Waals surface area contributed by atoms with Crippen molar-refractivity contribution in [3.63, 3.8) is 0 Å². The van der Waals surface area contributed by atoms with Gasteiger partial charge in [0.1, 0.15) is 17.5 Å². The normalized spacial score (nSPS) is 12.5. The number of nitrogens with zero attached hydrogens (tertiary/aromatic N) is 2. The number of para-hydroxylation sites is 1. The SMILES string of the molecule is Cc1nn(Cc2ccccc2)c(Cl)c1C(=O)N[C@H](C)COc1ccccc1C(F)(F)F. The molecule has 2 aromatic carbocycles. The second-order valence-electron chi connectivity index (χ2n) is 7.07. The lowest BCUT2D eigenvalue weighted by molar-refractivity contribution is -0.139. The highest BCUT2D eigenvalue weighted by Gasteiger charge is 2.34. The summed E-state index contributed by atoms with van der Waals surface area (Å²) in [5.74, 6) is -0.761. The predicted molar refractivity (Wildman–Crippen MR) is 111 cm³/mol. The van der Waals surface area contributed by atoms with Crippen molar-refractivity contribution in [2.24, 2.45) is 0 Å². The molecule has 0 aliphatic carbocycles. The van der Waals surface area contributed by atoms with Crippen LogP contribution in [-0.2, 0) is 12.7 Å². The van der Waals surface area contributed by atoms with Crippen LogP contribution in [0.3, 0.4) is 0 Å². The lowest BCUT2D eigenvalue weighted by atomic mass is 10.2. The van der Waals surface area contributed by atoms with Crippen LogP contribution >= 0.6 is 11.6 Å². The quantitative estimate of drug-likeness (QED) is 0.543. The van der Waals surface area contributed by atoms with E-state index in [1.807, 2.05) is 30.3 Å².